The molecule has 11 heteroatoms. The van der Waals surface area contributed by atoms with E-state index in [1.165, 1.54) is 50.2 Å². The Morgan fingerprint density at radius 3 is 2.28 bits per heavy atom. The summed E-state index contributed by atoms with van der Waals surface area (Å²) in [6.45, 7) is 2.94. The molecule has 0 radical (unpaired) electrons. The smallest absolute Gasteiger partial charge is 0.238 e. The van der Waals surface area contributed by atoms with Crippen LogP contribution >= 0.6 is 11.6 Å². The minimum absolute atomic E-state index is 0.0621. The lowest BCUT2D eigenvalue weighted by Crippen LogP contribution is -2.41. The molecule has 3 aromatic rings. The average molecular weight is 486 g/mol. The van der Waals surface area contributed by atoms with Gasteiger partial charge in [0.05, 0.1) is 4.90 Å². The fraction of sp³-hybridized carbons (Fsp3) is 0.238. The van der Waals surface area contributed by atoms with Gasteiger partial charge in [-0.05, 0) is 55.3 Å². The van der Waals surface area contributed by atoms with Gasteiger partial charge in [-0.25, -0.2) is 22.5 Å². The fourth-order valence-electron chi connectivity index (χ4n) is 3.69. The molecule has 0 fully saturated rings. The van der Waals surface area contributed by atoms with Gasteiger partial charge in [-0.3, -0.25) is 0 Å². The standard InChI is InChI=1S/C21H16ClF4N3O2S/c1-11-3-4-13(9-16(11)23)19-20(32(30,31)15-7-5-14(22)6-8-15)12(2)27-18-10-17(21(24,25)26)28-29(18)19/h3-10,19-20H,1-2H3. The maximum atomic E-state index is 14.4. The first-order chi connectivity index (χ1) is 14.9. The van der Waals surface area contributed by atoms with Gasteiger partial charge in [-0.15, -0.1) is 0 Å². The molecule has 0 spiro atoms. The van der Waals surface area contributed by atoms with Crippen LogP contribution in [0.4, 0.5) is 23.4 Å². The normalized spacial score (nSPS) is 18.9. The lowest BCUT2D eigenvalue weighted by Gasteiger charge is -2.32. The Bertz CT molecular complexity index is 1330. The Hall–Kier alpha value is -2.72. The molecule has 2 unspecified atom stereocenters. The average Bonchev–Trinajstić information content (AvgIpc) is 3.13. The summed E-state index contributed by atoms with van der Waals surface area (Å²) >= 11 is 5.86. The van der Waals surface area contributed by atoms with Crippen molar-refractivity contribution in [3.63, 3.8) is 0 Å². The third-order valence-electron chi connectivity index (χ3n) is 5.27. The quantitative estimate of drug-likeness (QED) is 0.457. The summed E-state index contributed by atoms with van der Waals surface area (Å²) < 4.78 is 82.5. The highest BCUT2D eigenvalue weighted by Crippen LogP contribution is 2.41. The van der Waals surface area contributed by atoms with Gasteiger partial charge in [0, 0.05) is 16.8 Å². The zero-order valence-electron chi connectivity index (χ0n) is 16.7. The molecule has 5 nitrogen and oxygen atoms in total. The zero-order valence-corrected chi connectivity index (χ0v) is 18.3. The van der Waals surface area contributed by atoms with E-state index < -0.39 is 38.8 Å². The first-order valence-corrected chi connectivity index (χ1v) is 11.3. The highest BCUT2D eigenvalue weighted by molar-refractivity contribution is 7.92. The van der Waals surface area contributed by atoms with Crippen LogP contribution in [0.3, 0.4) is 0 Å². The minimum Gasteiger partial charge on any atom is -0.238 e. The number of alkyl halides is 3. The Balaban J connectivity index is 1.96. The summed E-state index contributed by atoms with van der Waals surface area (Å²) in [4.78, 5) is 4.01. The van der Waals surface area contributed by atoms with E-state index in [1.807, 2.05) is 0 Å². The highest BCUT2D eigenvalue weighted by atomic mass is 35.5. The summed E-state index contributed by atoms with van der Waals surface area (Å²) in [5, 5.41) is 2.52. The van der Waals surface area contributed by atoms with E-state index >= 15 is 0 Å². The van der Waals surface area contributed by atoms with Gasteiger partial charge in [0.1, 0.15) is 17.1 Å². The van der Waals surface area contributed by atoms with Crippen LogP contribution in [0, 0.1) is 12.7 Å². The molecule has 1 aliphatic rings. The van der Waals surface area contributed by atoms with Crippen LogP contribution in [0.1, 0.15) is 29.8 Å². The van der Waals surface area contributed by atoms with Crippen LogP contribution in [-0.2, 0) is 16.0 Å². The minimum atomic E-state index is -4.76. The topological polar surface area (TPSA) is 64.3 Å². The Labute approximate surface area is 186 Å². The predicted molar refractivity (Wildman–Crippen MR) is 112 cm³/mol. The second kappa shape index (κ2) is 7.70. The van der Waals surface area contributed by atoms with Crippen molar-refractivity contribution in [3.8, 4) is 0 Å². The summed E-state index contributed by atoms with van der Waals surface area (Å²) in [5.41, 5.74) is -0.690. The number of aryl methyl sites for hydroxylation is 1. The molecule has 2 aromatic carbocycles. The molecule has 2 atom stereocenters. The van der Waals surface area contributed by atoms with Gasteiger partial charge in [-0.1, -0.05) is 23.7 Å². The van der Waals surface area contributed by atoms with Crippen LogP contribution in [-0.4, -0.2) is 29.2 Å². The number of benzene rings is 2. The third-order valence-corrected chi connectivity index (χ3v) is 7.72. The van der Waals surface area contributed by atoms with Crippen LogP contribution in [0.2, 0.25) is 5.02 Å². The van der Waals surface area contributed by atoms with Crippen molar-refractivity contribution in [2.45, 2.75) is 36.2 Å². The molecule has 4 rings (SSSR count). The number of hydrogen-bond acceptors (Lipinski definition) is 4. The van der Waals surface area contributed by atoms with Crippen molar-refractivity contribution in [2.24, 2.45) is 4.99 Å². The van der Waals surface area contributed by atoms with E-state index in [1.54, 1.807) is 0 Å². The molecule has 2 heterocycles. The third kappa shape index (κ3) is 3.81. The van der Waals surface area contributed by atoms with Crippen LogP contribution < -0.4 is 0 Å². The van der Waals surface area contributed by atoms with Crippen molar-refractivity contribution in [1.82, 2.24) is 9.78 Å². The summed E-state index contributed by atoms with van der Waals surface area (Å²) in [6, 6.07) is 8.89. The molecule has 0 amide bonds. The Kier molecular flexibility index (Phi) is 5.41. The fourth-order valence-corrected chi connectivity index (χ4v) is 5.73. The number of aromatic nitrogens is 2. The maximum Gasteiger partial charge on any atom is 0.435 e. The molecule has 168 valence electrons. The first-order valence-electron chi connectivity index (χ1n) is 9.37. The Morgan fingerprint density at radius 1 is 1.03 bits per heavy atom. The number of aliphatic imine (C=N–C) groups is 1. The van der Waals surface area contributed by atoms with Crippen LogP contribution in [0.15, 0.2) is 58.4 Å². The molecule has 1 aliphatic heterocycles. The SMILES string of the molecule is CC1=Nc2cc(C(F)(F)F)nn2C(c2ccc(C)c(F)c2)C1S(=O)(=O)c1ccc(Cl)cc1. The summed E-state index contributed by atoms with van der Waals surface area (Å²) in [6.07, 6.45) is -4.76. The second-order valence-corrected chi connectivity index (χ2v) is 9.96. The number of hydrogen-bond donors (Lipinski definition) is 0. The van der Waals surface area contributed by atoms with E-state index in [4.69, 9.17) is 11.6 Å². The molecule has 1 aromatic heterocycles. The van der Waals surface area contributed by atoms with Crippen LogP contribution in [0.25, 0.3) is 0 Å². The van der Waals surface area contributed by atoms with Crippen LogP contribution in [0.5, 0.6) is 0 Å². The molecule has 0 aliphatic carbocycles. The summed E-state index contributed by atoms with van der Waals surface area (Å²) in [7, 11) is -4.17. The number of sulfone groups is 1. The van der Waals surface area contributed by atoms with E-state index in [9.17, 15) is 26.0 Å². The lowest BCUT2D eigenvalue weighted by atomic mass is 9.98. The van der Waals surface area contributed by atoms with Gasteiger partial charge in [-0.2, -0.15) is 18.3 Å². The molecular weight excluding hydrogens is 470 g/mol. The highest BCUT2D eigenvalue weighted by Gasteiger charge is 2.45. The van der Waals surface area contributed by atoms with E-state index in [0.717, 1.165) is 16.8 Å². The van der Waals surface area contributed by atoms with Crippen molar-refractivity contribution in [2.75, 3.05) is 0 Å². The van der Waals surface area contributed by atoms with E-state index in [2.05, 4.69) is 10.1 Å². The largest absolute Gasteiger partial charge is 0.435 e. The van der Waals surface area contributed by atoms with Gasteiger partial charge in [0.2, 0.25) is 0 Å². The number of fused-ring (bicyclic) bond motifs is 1. The molecule has 32 heavy (non-hydrogen) atoms. The number of rotatable bonds is 3. The van der Waals surface area contributed by atoms with Gasteiger partial charge in [0.25, 0.3) is 0 Å². The predicted octanol–water partition coefficient (Wildman–Crippen LogP) is 5.54. The Morgan fingerprint density at radius 2 is 1.69 bits per heavy atom. The number of nitrogens with zero attached hydrogens (tertiary/aromatic N) is 3. The summed E-state index contributed by atoms with van der Waals surface area (Å²) in [5.74, 6) is -0.779. The number of halogens is 5. The van der Waals surface area contributed by atoms with Crippen molar-refractivity contribution >= 4 is 33.0 Å². The van der Waals surface area contributed by atoms with Gasteiger partial charge >= 0.3 is 6.18 Å². The lowest BCUT2D eigenvalue weighted by molar-refractivity contribution is -0.141. The molecule has 0 saturated heterocycles. The van der Waals surface area contributed by atoms with Gasteiger partial charge < -0.3 is 0 Å². The molecular formula is C21H16ClF4N3O2S. The van der Waals surface area contributed by atoms with E-state index in [0.29, 0.717) is 10.6 Å². The maximum absolute atomic E-state index is 14.4. The zero-order chi connectivity index (χ0) is 23.4. The monoisotopic (exact) mass is 485 g/mol. The molecule has 0 bridgehead atoms. The van der Waals surface area contributed by atoms with Crippen molar-refractivity contribution in [3.05, 3.63) is 76.2 Å². The van der Waals surface area contributed by atoms with E-state index in [-0.39, 0.29) is 22.0 Å². The molecule has 0 saturated carbocycles. The van der Waals surface area contributed by atoms with Gasteiger partial charge in [0.15, 0.2) is 21.3 Å². The first kappa shape index (κ1) is 22.5. The second-order valence-electron chi connectivity index (χ2n) is 7.46. The van der Waals surface area contributed by atoms with Crippen molar-refractivity contribution < 1.29 is 26.0 Å². The molecule has 0 N–H and O–H groups in total. The van der Waals surface area contributed by atoms with Crippen molar-refractivity contribution in [1.29, 1.82) is 0 Å².